The number of rotatable bonds is 8. The monoisotopic (exact) mass is 488 g/mol. The van der Waals surface area contributed by atoms with Gasteiger partial charge in [0.2, 0.25) is 0 Å². The van der Waals surface area contributed by atoms with Crippen molar-refractivity contribution in [1.29, 1.82) is 0 Å². The molecule has 1 aliphatic carbocycles. The van der Waals surface area contributed by atoms with Crippen LogP contribution in [0, 0.1) is 0 Å². The Balaban J connectivity index is 1.39. The molecule has 1 saturated carbocycles. The van der Waals surface area contributed by atoms with Gasteiger partial charge in [0.15, 0.2) is 0 Å². The van der Waals surface area contributed by atoms with Crippen LogP contribution in [-0.4, -0.2) is 63.6 Å². The minimum absolute atomic E-state index is 0.136. The number of aromatic amines is 1. The van der Waals surface area contributed by atoms with Gasteiger partial charge in [-0.15, -0.1) is 0 Å². The number of nitrogens with one attached hydrogen (secondary N) is 2. The van der Waals surface area contributed by atoms with Crippen molar-refractivity contribution < 1.29 is 19.4 Å². The lowest BCUT2D eigenvalue weighted by atomic mass is 9.81. The molecule has 8 nitrogen and oxygen atoms in total. The number of benzene rings is 2. The fraction of sp³-hybridized carbons (Fsp3) is 0.429. The number of amides is 3. The molecule has 3 heterocycles. The van der Waals surface area contributed by atoms with Crippen LogP contribution in [0.5, 0.6) is 11.5 Å². The maximum Gasteiger partial charge on any atom is 0.328 e. The topological polar surface area (TPSA) is 97.9 Å². The molecule has 3 amide bonds. The Labute approximate surface area is 210 Å². The van der Waals surface area contributed by atoms with Gasteiger partial charge in [-0.25, -0.2) is 4.79 Å². The zero-order chi connectivity index (χ0) is 25.0. The average Bonchev–Trinajstić information content (AvgIpc) is 3.59. The minimum Gasteiger partial charge on any atom is -0.508 e. The zero-order valence-corrected chi connectivity index (χ0v) is 20.7. The van der Waals surface area contributed by atoms with Crippen molar-refractivity contribution in [2.45, 2.75) is 56.7 Å². The number of carbonyl (C=O) groups is 2. The van der Waals surface area contributed by atoms with Gasteiger partial charge in [-0.3, -0.25) is 9.69 Å². The van der Waals surface area contributed by atoms with E-state index >= 15 is 0 Å². The maximum absolute atomic E-state index is 13.8. The third-order valence-electron chi connectivity index (χ3n) is 7.90. The molecule has 0 radical (unpaired) electrons. The molecular weight excluding hydrogens is 456 g/mol. The Morgan fingerprint density at radius 2 is 2.03 bits per heavy atom. The summed E-state index contributed by atoms with van der Waals surface area (Å²) in [7, 11) is 1.64. The summed E-state index contributed by atoms with van der Waals surface area (Å²) in [5.41, 5.74) is 2.87. The lowest BCUT2D eigenvalue weighted by Crippen LogP contribution is -2.53. The first-order valence-corrected chi connectivity index (χ1v) is 12.7. The van der Waals surface area contributed by atoms with Crippen molar-refractivity contribution in [3.05, 3.63) is 59.3 Å². The van der Waals surface area contributed by atoms with Gasteiger partial charge in [0.05, 0.1) is 13.2 Å². The van der Waals surface area contributed by atoms with E-state index in [4.69, 9.17) is 4.74 Å². The smallest absolute Gasteiger partial charge is 0.328 e. The Kier molecular flexibility index (Phi) is 5.44. The Morgan fingerprint density at radius 1 is 1.19 bits per heavy atom. The van der Waals surface area contributed by atoms with Crippen molar-refractivity contribution in [1.82, 2.24) is 20.1 Å². The second-order valence-corrected chi connectivity index (χ2v) is 10.5. The highest BCUT2D eigenvalue weighted by molar-refractivity contribution is 6.08. The van der Waals surface area contributed by atoms with E-state index in [1.165, 1.54) is 17.7 Å². The lowest BCUT2D eigenvalue weighted by molar-refractivity contribution is -0.133. The molecule has 6 rings (SSSR count). The highest BCUT2D eigenvalue weighted by atomic mass is 16.5. The predicted molar refractivity (Wildman–Crippen MR) is 136 cm³/mol. The van der Waals surface area contributed by atoms with Crippen molar-refractivity contribution >= 4 is 22.8 Å². The lowest BCUT2D eigenvalue weighted by Gasteiger charge is -2.42. The van der Waals surface area contributed by atoms with Crippen molar-refractivity contribution in [3.63, 3.8) is 0 Å². The van der Waals surface area contributed by atoms with Crippen LogP contribution < -0.4 is 10.1 Å². The first kappa shape index (κ1) is 22.9. The van der Waals surface area contributed by atoms with E-state index in [1.54, 1.807) is 30.2 Å². The van der Waals surface area contributed by atoms with Crippen LogP contribution in [0.1, 0.15) is 49.0 Å². The molecule has 1 aromatic heterocycles. The Hall–Kier alpha value is -3.52. The Bertz CT molecular complexity index is 1350. The molecule has 2 fully saturated rings. The summed E-state index contributed by atoms with van der Waals surface area (Å²) in [6.07, 6.45) is 4.08. The van der Waals surface area contributed by atoms with E-state index in [0.717, 1.165) is 46.4 Å². The number of H-pyrrole nitrogens is 1. The predicted octanol–water partition coefficient (Wildman–Crippen LogP) is 3.89. The summed E-state index contributed by atoms with van der Waals surface area (Å²) in [4.78, 5) is 34.4. The SMILES string of the molecule is COc1ccc2[nH]c3c(c2c1)C[C@@]1(C)C(=O)N(CCCNC2CC2)C(=O)N1C3Cc1cccc(O)c1. The standard InChI is InChI=1S/C28H32N4O4/c1-28-16-22-21-15-20(36-2)9-10-23(21)30-25(22)24(14-17-5-3-6-19(33)13-17)32(28)27(35)31(26(28)34)12-4-11-29-18-7-8-18/h3,5-6,9-10,13,15,18,24,29-30,33H,4,7-8,11-12,14,16H2,1-2H3/t24?,28-/m0/s1. The Morgan fingerprint density at radius 3 is 2.78 bits per heavy atom. The minimum atomic E-state index is -0.978. The molecule has 36 heavy (non-hydrogen) atoms. The van der Waals surface area contributed by atoms with Crippen LogP contribution >= 0.6 is 0 Å². The number of hydrogen-bond acceptors (Lipinski definition) is 5. The molecule has 1 unspecified atom stereocenters. The van der Waals surface area contributed by atoms with Crippen molar-refractivity contribution in [3.8, 4) is 11.5 Å². The van der Waals surface area contributed by atoms with Crippen LogP contribution in [0.15, 0.2) is 42.5 Å². The number of phenols is 1. The number of ether oxygens (including phenoxy) is 1. The summed E-state index contributed by atoms with van der Waals surface area (Å²) >= 11 is 0. The molecular formula is C28H32N4O4. The van der Waals surface area contributed by atoms with Crippen LogP contribution in [0.2, 0.25) is 0 Å². The number of hydrogen-bond donors (Lipinski definition) is 3. The van der Waals surface area contributed by atoms with Gasteiger partial charge in [-0.05, 0) is 80.6 Å². The maximum atomic E-state index is 13.8. The van der Waals surface area contributed by atoms with Gasteiger partial charge < -0.3 is 25.0 Å². The van der Waals surface area contributed by atoms with E-state index in [1.807, 2.05) is 31.2 Å². The zero-order valence-electron chi connectivity index (χ0n) is 20.7. The third-order valence-corrected chi connectivity index (χ3v) is 7.90. The summed E-state index contributed by atoms with van der Waals surface area (Å²) in [6, 6.07) is 13.0. The van der Waals surface area contributed by atoms with Gasteiger partial charge in [0, 0.05) is 35.6 Å². The van der Waals surface area contributed by atoms with Gasteiger partial charge in [0.25, 0.3) is 5.91 Å². The first-order valence-electron chi connectivity index (χ1n) is 12.7. The fourth-order valence-electron chi connectivity index (χ4n) is 5.91. The number of aromatic hydroxyl groups is 1. The van der Waals surface area contributed by atoms with Crippen molar-refractivity contribution in [2.24, 2.45) is 0 Å². The second kappa shape index (κ2) is 8.55. The number of methoxy groups -OCH3 is 1. The second-order valence-electron chi connectivity index (χ2n) is 10.5. The summed E-state index contributed by atoms with van der Waals surface area (Å²) in [5.74, 6) is 0.795. The van der Waals surface area contributed by atoms with E-state index in [-0.39, 0.29) is 23.7 Å². The van der Waals surface area contributed by atoms with E-state index in [2.05, 4.69) is 10.3 Å². The number of phenolic OH excluding ortho intramolecular Hbond substituents is 1. The molecule has 188 valence electrons. The molecule has 0 spiro atoms. The number of fused-ring (bicyclic) bond motifs is 4. The highest BCUT2D eigenvalue weighted by Gasteiger charge is 2.59. The molecule has 1 saturated heterocycles. The van der Waals surface area contributed by atoms with Gasteiger partial charge in [0.1, 0.15) is 17.0 Å². The van der Waals surface area contributed by atoms with Crippen molar-refractivity contribution in [2.75, 3.05) is 20.2 Å². The largest absolute Gasteiger partial charge is 0.508 e. The van der Waals surface area contributed by atoms with Crippen LogP contribution in [0.3, 0.4) is 0 Å². The normalized spacial score (nSPS) is 23.3. The molecule has 2 aliphatic heterocycles. The van der Waals surface area contributed by atoms with E-state index in [9.17, 15) is 14.7 Å². The van der Waals surface area contributed by atoms with Crippen LogP contribution in [-0.2, 0) is 17.6 Å². The molecule has 2 atom stereocenters. The first-order chi connectivity index (χ1) is 17.4. The number of imide groups is 1. The quantitative estimate of drug-likeness (QED) is 0.330. The average molecular weight is 489 g/mol. The summed E-state index contributed by atoms with van der Waals surface area (Å²) < 4.78 is 5.47. The molecule has 3 aromatic rings. The fourth-order valence-corrected chi connectivity index (χ4v) is 5.91. The van der Waals surface area contributed by atoms with E-state index in [0.29, 0.717) is 25.4 Å². The van der Waals surface area contributed by atoms with E-state index < -0.39 is 5.54 Å². The van der Waals surface area contributed by atoms with Crippen LogP contribution in [0.4, 0.5) is 4.79 Å². The number of urea groups is 1. The van der Waals surface area contributed by atoms with Gasteiger partial charge in [-0.1, -0.05) is 12.1 Å². The highest BCUT2D eigenvalue weighted by Crippen LogP contribution is 2.47. The van der Waals surface area contributed by atoms with Crippen LogP contribution in [0.25, 0.3) is 10.9 Å². The summed E-state index contributed by atoms with van der Waals surface area (Å²) in [6.45, 7) is 3.10. The van der Waals surface area contributed by atoms with Gasteiger partial charge >= 0.3 is 6.03 Å². The molecule has 3 N–H and O–H groups in total. The third kappa shape index (κ3) is 3.71. The summed E-state index contributed by atoms with van der Waals surface area (Å²) in [5, 5.41) is 14.6. The number of nitrogens with zero attached hydrogens (tertiary/aromatic N) is 2. The molecule has 3 aliphatic rings. The van der Waals surface area contributed by atoms with Gasteiger partial charge in [-0.2, -0.15) is 0 Å². The number of aromatic nitrogens is 1. The number of carbonyl (C=O) groups excluding carboxylic acids is 2. The molecule has 0 bridgehead atoms. The molecule has 8 heteroatoms. The molecule has 2 aromatic carbocycles.